The second kappa shape index (κ2) is 12.8. The summed E-state index contributed by atoms with van der Waals surface area (Å²) in [5.41, 5.74) is 3.27. The van der Waals surface area contributed by atoms with E-state index >= 15 is 0 Å². The Labute approximate surface area is 248 Å². The maximum Gasteiger partial charge on any atom is 0.263 e. The third-order valence-electron chi connectivity index (χ3n) is 6.33. The summed E-state index contributed by atoms with van der Waals surface area (Å²) in [6.07, 6.45) is 0. The number of hydrogen-bond acceptors (Lipinski definition) is 9. The van der Waals surface area contributed by atoms with E-state index in [-0.39, 0.29) is 35.4 Å². The zero-order valence-corrected chi connectivity index (χ0v) is 24.2. The number of aliphatic hydroxyl groups excluding tert-OH is 1. The van der Waals surface area contributed by atoms with Gasteiger partial charge >= 0.3 is 0 Å². The summed E-state index contributed by atoms with van der Waals surface area (Å²) >= 11 is 0. The fourth-order valence-corrected chi connectivity index (χ4v) is 5.28. The Bertz CT molecular complexity index is 1880. The highest BCUT2D eigenvalue weighted by molar-refractivity contribution is 7.92. The number of hydrogen-bond donors (Lipinski definition) is 4. The van der Waals surface area contributed by atoms with Crippen molar-refractivity contribution in [3.8, 4) is 11.5 Å². The van der Waals surface area contributed by atoms with Crippen LogP contribution in [-0.4, -0.2) is 43.1 Å². The molecule has 0 saturated heterocycles. The highest BCUT2D eigenvalue weighted by atomic mass is 32.2. The molecule has 4 aromatic carbocycles. The van der Waals surface area contributed by atoms with Crippen LogP contribution in [-0.2, 0) is 21.4 Å². The monoisotopic (exact) mass is 599 g/mol. The van der Waals surface area contributed by atoms with E-state index in [1.807, 2.05) is 25.1 Å². The minimum atomic E-state index is -4.18. The average molecular weight is 600 g/mol. The van der Waals surface area contributed by atoms with Crippen LogP contribution in [0.15, 0.2) is 95.9 Å². The Kier molecular flexibility index (Phi) is 8.69. The second-order valence-electron chi connectivity index (χ2n) is 9.50. The molecule has 1 heterocycles. The number of nitrogens with one attached hydrogen (secondary N) is 3. The zero-order chi connectivity index (χ0) is 30.4. The summed E-state index contributed by atoms with van der Waals surface area (Å²) < 4.78 is 40.5. The number of para-hydroxylation sites is 3. The average Bonchev–Trinajstić information content (AvgIpc) is 3.00. The Morgan fingerprint density at radius 1 is 0.860 bits per heavy atom. The Balaban J connectivity index is 1.39. The molecule has 0 unspecified atom stereocenters. The Hall–Kier alpha value is -5.20. The molecule has 12 heteroatoms. The van der Waals surface area contributed by atoms with E-state index < -0.39 is 15.9 Å². The molecule has 220 valence electrons. The lowest BCUT2D eigenvalue weighted by atomic mass is 10.2. The van der Waals surface area contributed by atoms with Gasteiger partial charge in [-0.05, 0) is 66.6 Å². The molecular formula is C31H29N5O6S. The smallest absolute Gasteiger partial charge is 0.263 e. The fourth-order valence-electron chi connectivity index (χ4n) is 4.22. The first-order valence-corrected chi connectivity index (χ1v) is 14.7. The molecule has 11 nitrogen and oxygen atoms in total. The molecule has 4 N–H and O–H groups in total. The number of carbonyl (C=O) groups excluding carboxylic acids is 1. The topological polar surface area (TPSA) is 152 Å². The number of nitrogens with zero attached hydrogens (tertiary/aromatic N) is 2. The van der Waals surface area contributed by atoms with E-state index in [1.54, 1.807) is 54.6 Å². The van der Waals surface area contributed by atoms with Crippen LogP contribution in [0.1, 0.15) is 11.1 Å². The molecule has 0 radical (unpaired) electrons. The molecule has 0 aliphatic rings. The molecule has 0 fully saturated rings. The second-order valence-corrected chi connectivity index (χ2v) is 11.2. The van der Waals surface area contributed by atoms with Gasteiger partial charge in [-0.1, -0.05) is 36.4 Å². The lowest BCUT2D eigenvalue weighted by molar-refractivity contribution is -0.118. The van der Waals surface area contributed by atoms with Crippen molar-refractivity contribution >= 4 is 50.0 Å². The molecule has 1 amide bonds. The van der Waals surface area contributed by atoms with Crippen molar-refractivity contribution in [2.45, 2.75) is 18.4 Å². The standard InChI is InChI=1S/C31H29N5O6S/c1-20-8-3-6-13-28(20)42-19-29(38)32-22-9-7-10-25(17-22)43(39,40)36-31-30(34-26-11-4-5-12-27(26)35-31)33-23-14-21(18-37)15-24(16-23)41-2/h3-17,37H,18-19H2,1-2H3,(H,32,38)(H,33,34)(H,35,36). The molecule has 0 aliphatic carbocycles. The number of ether oxygens (including phenoxy) is 2. The number of benzene rings is 4. The van der Waals surface area contributed by atoms with Gasteiger partial charge in [0.05, 0.1) is 29.6 Å². The van der Waals surface area contributed by atoms with Crippen LogP contribution in [0.2, 0.25) is 0 Å². The molecule has 5 rings (SSSR count). The maximum atomic E-state index is 13.5. The molecular weight excluding hydrogens is 570 g/mol. The van der Waals surface area contributed by atoms with Crippen molar-refractivity contribution in [1.82, 2.24) is 9.97 Å². The normalized spacial score (nSPS) is 11.1. The lowest BCUT2D eigenvalue weighted by Crippen LogP contribution is -2.21. The summed E-state index contributed by atoms with van der Waals surface area (Å²) in [6.45, 7) is 1.40. The summed E-state index contributed by atoms with van der Waals surface area (Å²) in [7, 11) is -2.68. The molecule has 5 aromatic rings. The summed E-state index contributed by atoms with van der Waals surface area (Å²) in [6, 6.07) is 25.3. The van der Waals surface area contributed by atoms with E-state index in [4.69, 9.17) is 9.47 Å². The van der Waals surface area contributed by atoms with Gasteiger partial charge in [0, 0.05) is 17.4 Å². The van der Waals surface area contributed by atoms with Crippen LogP contribution in [0.25, 0.3) is 11.0 Å². The predicted octanol–water partition coefficient (Wildman–Crippen LogP) is 5.00. The molecule has 0 saturated carbocycles. The largest absolute Gasteiger partial charge is 0.497 e. The van der Waals surface area contributed by atoms with E-state index in [1.165, 1.54) is 25.3 Å². The number of rotatable bonds is 11. The summed E-state index contributed by atoms with van der Waals surface area (Å²) in [5.74, 6) is 0.720. The van der Waals surface area contributed by atoms with Gasteiger partial charge < -0.3 is 25.2 Å². The molecule has 0 aliphatic heterocycles. The number of amides is 1. The first-order valence-electron chi connectivity index (χ1n) is 13.2. The van der Waals surface area contributed by atoms with Crippen molar-refractivity contribution in [2.75, 3.05) is 29.1 Å². The SMILES string of the molecule is COc1cc(CO)cc(Nc2nc3ccccc3nc2NS(=O)(=O)c2cccc(NC(=O)COc3ccccc3C)c2)c1. The first kappa shape index (κ1) is 29.3. The Morgan fingerprint density at radius 2 is 1.58 bits per heavy atom. The van der Waals surface area contributed by atoms with Crippen LogP contribution in [0.5, 0.6) is 11.5 Å². The number of aryl methyl sites for hydroxylation is 1. The van der Waals surface area contributed by atoms with Gasteiger partial charge in [-0.25, -0.2) is 18.4 Å². The third kappa shape index (κ3) is 7.18. The van der Waals surface area contributed by atoms with Crippen molar-refractivity contribution in [3.05, 3.63) is 102 Å². The van der Waals surface area contributed by atoms with Gasteiger partial charge in [-0.2, -0.15) is 0 Å². The van der Waals surface area contributed by atoms with Crippen LogP contribution >= 0.6 is 0 Å². The molecule has 0 atom stereocenters. The molecule has 0 spiro atoms. The number of aliphatic hydroxyl groups is 1. The van der Waals surface area contributed by atoms with Crippen molar-refractivity contribution < 1.29 is 27.8 Å². The van der Waals surface area contributed by atoms with Crippen LogP contribution in [0.3, 0.4) is 0 Å². The number of sulfonamides is 1. The number of aromatic nitrogens is 2. The first-order chi connectivity index (χ1) is 20.7. The van der Waals surface area contributed by atoms with Gasteiger partial charge in [-0.3, -0.25) is 9.52 Å². The fraction of sp³-hybridized carbons (Fsp3) is 0.129. The lowest BCUT2D eigenvalue weighted by Gasteiger charge is -2.15. The van der Waals surface area contributed by atoms with E-state index in [2.05, 4.69) is 25.3 Å². The molecule has 1 aromatic heterocycles. The van der Waals surface area contributed by atoms with Crippen molar-refractivity contribution in [3.63, 3.8) is 0 Å². The predicted molar refractivity (Wildman–Crippen MR) is 164 cm³/mol. The van der Waals surface area contributed by atoms with Gasteiger partial charge in [0.25, 0.3) is 15.9 Å². The van der Waals surface area contributed by atoms with E-state index in [0.29, 0.717) is 33.8 Å². The quantitative estimate of drug-likeness (QED) is 0.164. The van der Waals surface area contributed by atoms with Crippen LogP contribution in [0.4, 0.5) is 23.0 Å². The number of anilines is 4. The maximum absolute atomic E-state index is 13.5. The minimum Gasteiger partial charge on any atom is -0.497 e. The summed E-state index contributed by atoms with van der Waals surface area (Å²) in [4.78, 5) is 21.5. The number of methoxy groups -OCH3 is 1. The van der Waals surface area contributed by atoms with Gasteiger partial charge in [0.15, 0.2) is 18.2 Å². The number of fused-ring (bicyclic) bond motifs is 1. The minimum absolute atomic E-state index is 0.0480. The highest BCUT2D eigenvalue weighted by Crippen LogP contribution is 2.30. The van der Waals surface area contributed by atoms with E-state index in [9.17, 15) is 18.3 Å². The number of carbonyl (C=O) groups is 1. The molecule has 43 heavy (non-hydrogen) atoms. The highest BCUT2D eigenvalue weighted by Gasteiger charge is 2.20. The van der Waals surface area contributed by atoms with E-state index in [0.717, 1.165) is 5.56 Å². The van der Waals surface area contributed by atoms with Crippen LogP contribution < -0.4 is 24.8 Å². The van der Waals surface area contributed by atoms with Crippen LogP contribution in [0, 0.1) is 6.92 Å². The third-order valence-corrected chi connectivity index (χ3v) is 7.67. The van der Waals surface area contributed by atoms with Crippen molar-refractivity contribution in [1.29, 1.82) is 0 Å². The zero-order valence-electron chi connectivity index (χ0n) is 23.4. The molecule has 0 bridgehead atoms. The van der Waals surface area contributed by atoms with Crippen molar-refractivity contribution in [2.24, 2.45) is 0 Å². The van der Waals surface area contributed by atoms with Gasteiger partial charge in [0.2, 0.25) is 0 Å². The Morgan fingerprint density at radius 3 is 2.30 bits per heavy atom. The summed E-state index contributed by atoms with van der Waals surface area (Å²) in [5, 5.41) is 15.4. The van der Waals surface area contributed by atoms with Gasteiger partial charge in [-0.15, -0.1) is 0 Å². The van der Waals surface area contributed by atoms with Gasteiger partial charge in [0.1, 0.15) is 11.5 Å².